The molecule has 0 saturated heterocycles. The second-order valence-corrected chi connectivity index (χ2v) is 9.80. The van der Waals surface area contributed by atoms with Crippen LogP contribution >= 0.6 is 46.3 Å². The van der Waals surface area contributed by atoms with Crippen molar-refractivity contribution in [2.24, 2.45) is 0 Å². The van der Waals surface area contributed by atoms with Gasteiger partial charge in [-0.3, -0.25) is 0 Å². The average molecular weight is 505 g/mol. The Labute approximate surface area is 205 Å². The number of hydrogen-bond acceptors (Lipinski definition) is 6. The maximum absolute atomic E-state index is 6.30. The Morgan fingerprint density at radius 1 is 1.09 bits per heavy atom. The van der Waals surface area contributed by atoms with Gasteiger partial charge in [0, 0.05) is 28.3 Å². The molecule has 4 aromatic rings. The Hall–Kier alpha value is -2.06. The average Bonchev–Trinajstić information content (AvgIpc) is 3.41. The van der Waals surface area contributed by atoms with Crippen LogP contribution in [0.25, 0.3) is 10.6 Å². The molecule has 0 atom stereocenters. The second-order valence-electron chi connectivity index (χ2n) is 7.22. The van der Waals surface area contributed by atoms with Crippen LogP contribution in [0.5, 0.6) is 5.75 Å². The molecule has 0 spiro atoms. The summed E-state index contributed by atoms with van der Waals surface area (Å²) in [6, 6.07) is 11.6. The standard InChI is InChI=1S/C23H22Cl2N4OS2/c1-4-29-20(11-30-17-9-14(2)21(25)15(3)10-17)27-28-23(29)32-13-16-12-31-22(26-16)18-7-5-6-8-19(18)24/h5-10,12H,4,11,13H2,1-3H3. The molecular weight excluding hydrogens is 483 g/mol. The molecular formula is C23H22Cl2N4OS2. The van der Waals surface area contributed by atoms with Gasteiger partial charge in [0.1, 0.15) is 17.4 Å². The minimum atomic E-state index is 0.343. The predicted molar refractivity (Wildman–Crippen MR) is 133 cm³/mol. The van der Waals surface area contributed by atoms with Crippen LogP contribution in [0.1, 0.15) is 29.6 Å². The van der Waals surface area contributed by atoms with Gasteiger partial charge in [-0.1, -0.05) is 53.2 Å². The van der Waals surface area contributed by atoms with Crippen molar-refractivity contribution in [3.63, 3.8) is 0 Å². The highest BCUT2D eigenvalue weighted by Gasteiger charge is 2.14. The van der Waals surface area contributed by atoms with Gasteiger partial charge in [-0.2, -0.15) is 0 Å². The summed E-state index contributed by atoms with van der Waals surface area (Å²) in [6.07, 6.45) is 0. The van der Waals surface area contributed by atoms with Crippen molar-refractivity contribution in [2.75, 3.05) is 0 Å². The van der Waals surface area contributed by atoms with Gasteiger partial charge in [0.15, 0.2) is 11.0 Å². The summed E-state index contributed by atoms with van der Waals surface area (Å²) in [7, 11) is 0. The van der Waals surface area contributed by atoms with Crippen molar-refractivity contribution in [2.45, 2.75) is 44.8 Å². The third kappa shape index (κ3) is 5.12. The van der Waals surface area contributed by atoms with Gasteiger partial charge < -0.3 is 9.30 Å². The molecule has 2 aromatic carbocycles. The first-order valence-corrected chi connectivity index (χ1v) is 12.7. The number of aromatic nitrogens is 4. The van der Waals surface area contributed by atoms with E-state index in [-0.39, 0.29) is 0 Å². The maximum atomic E-state index is 6.30. The predicted octanol–water partition coefficient (Wildman–Crippen LogP) is 7.22. The van der Waals surface area contributed by atoms with Gasteiger partial charge in [0.2, 0.25) is 0 Å². The number of ether oxygens (including phenoxy) is 1. The third-order valence-corrected chi connectivity index (χ3v) is 7.74. The number of halogens is 2. The SMILES string of the molecule is CCn1c(COc2cc(C)c(Cl)c(C)c2)nnc1SCc1csc(-c2ccccc2Cl)n1. The van der Waals surface area contributed by atoms with E-state index in [2.05, 4.69) is 27.1 Å². The normalized spacial score (nSPS) is 11.2. The minimum Gasteiger partial charge on any atom is -0.486 e. The number of aryl methyl sites for hydroxylation is 2. The van der Waals surface area contributed by atoms with E-state index in [1.807, 2.05) is 50.2 Å². The maximum Gasteiger partial charge on any atom is 0.191 e. The highest BCUT2D eigenvalue weighted by molar-refractivity contribution is 7.98. The molecule has 2 aromatic heterocycles. The minimum absolute atomic E-state index is 0.343. The molecule has 32 heavy (non-hydrogen) atoms. The van der Waals surface area contributed by atoms with Crippen LogP contribution in [-0.4, -0.2) is 19.7 Å². The lowest BCUT2D eigenvalue weighted by molar-refractivity contribution is 0.288. The Bertz CT molecular complexity index is 1220. The van der Waals surface area contributed by atoms with Crippen LogP contribution in [0.2, 0.25) is 10.0 Å². The van der Waals surface area contributed by atoms with Crippen molar-refractivity contribution in [3.05, 3.63) is 74.5 Å². The van der Waals surface area contributed by atoms with Crippen LogP contribution in [0.15, 0.2) is 46.9 Å². The fourth-order valence-corrected chi connectivity index (χ4v) is 5.53. The van der Waals surface area contributed by atoms with E-state index >= 15 is 0 Å². The van der Waals surface area contributed by atoms with Gasteiger partial charge in [0.05, 0.1) is 10.7 Å². The zero-order chi connectivity index (χ0) is 22.7. The number of thiazole rings is 1. The van der Waals surface area contributed by atoms with Gasteiger partial charge in [-0.15, -0.1) is 21.5 Å². The largest absolute Gasteiger partial charge is 0.486 e. The monoisotopic (exact) mass is 504 g/mol. The molecule has 0 aliphatic rings. The van der Waals surface area contributed by atoms with Crippen molar-refractivity contribution in [1.82, 2.24) is 19.7 Å². The number of benzene rings is 2. The molecule has 0 bridgehead atoms. The van der Waals surface area contributed by atoms with Gasteiger partial charge in [0.25, 0.3) is 0 Å². The Balaban J connectivity index is 1.42. The highest BCUT2D eigenvalue weighted by Crippen LogP contribution is 2.32. The molecule has 9 heteroatoms. The van der Waals surface area contributed by atoms with E-state index in [1.165, 1.54) is 0 Å². The summed E-state index contributed by atoms with van der Waals surface area (Å²) in [6.45, 7) is 7.12. The first-order valence-electron chi connectivity index (χ1n) is 10.1. The topological polar surface area (TPSA) is 52.8 Å². The van der Waals surface area contributed by atoms with E-state index < -0.39 is 0 Å². The molecule has 0 unspecified atom stereocenters. The summed E-state index contributed by atoms with van der Waals surface area (Å²) >= 11 is 15.8. The molecule has 0 amide bonds. The number of hydrogen-bond donors (Lipinski definition) is 0. The van der Waals surface area contributed by atoms with Crippen LogP contribution in [0, 0.1) is 13.8 Å². The van der Waals surface area contributed by atoms with Crippen LogP contribution in [0.3, 0.4) is 0 Å². The molecule has 0 aliphatic carbocycles. The molecule has 166 valence electrons. The lowest BCUT2D eigenvalue weighted by Crippen LogP contribution is -2.07. The zero-order valence-electron chi connectivity index (χ0n) is 17.9. The quantitative estimate of drug-likeness (QED) is 0.237. The van der Waals surface area contributed by atoms with Crippen LogP contribution in [-0.2, 0) is 18.9 Å². The number of rotatable bonds is 8. The van der Waals surface area contributed by atoms with Gasteiger partial charge in [-0.25, -0.2) is 4.98 Å². The summed E-state index contributed by atoms with van der Waals surface area (Å²) in [5.41, 5.74) is 3.94. The molecule has 2 heterocycles. The molecule has 0 fully saturated rings. The van der Waals surface area contributed by atoms with E-state index in [0.29, 0.717) is 17.4 Å². The first kappa shape index (κ1) is 23.1. The molecule has 0 radical (unpaired) electrons. The Morgan fingerprint density at radius 2 is 1.84 bits per heavy atom. The molecule has 0 saturated carbocycles. The lowest BCUT2D eigenvalue weighted by Gasteiger charge is -2.11. The second kappa shape index (κ2) is 10.3. The van der Waals surface area contributed by atoms with Crippen LogP contribution < -0.4 is 4.74 Å². The van der Waals surface area contributed by atoms with E-state index in [4.69, 9.17) is 32.9 Å². The first-order chi connectivity index (χ1) is 15.5. The Kier molecular flexibility index (Phi) is 7.40. The van der Waals surface area contributed by atoms with Crippen molar-refractivity contribution in [3.8, 4) is 16.3 Å². The summed E-state index contributed by atoms with van der Waals surface area (Å²) in [5, 5.41) is 14.0. The molecule has 0 N–H and O–H groups in total. The van der Waals surface area contributed by atoms with Crippen molar-refractivity contribution >= 4 is 46.3 Å². The van der Waals surface area contributed by atoms with E-state index in [0.717, 1.165) is 55.7 Å². The lowest BCUT2D eigenvalue weighted by atomic mass is 10.1. The fourth-order valence-electron chi connectivity index (χ4n) is 3.26. The van der Waals surface area contributed by atoms with E-state index in [1.54, 1.807) is 23.1 Å². The molecule has 5 nitrogen and oxygen atoms in total. The summed E-state index contributed by atoms with van der Waals surface area (Å²) < 4.78 is 8.05. The summed E-state index contributed by atoms with van der Waals surface area (Å²) in [4.78, 5) is 4.74. The zero-order valence-corrected chi connectivity index (χ0v) is 21.1. The fraction of sp³-hybridized carbons (Fsp3) is 0.261. The summed E-state index contributed by atoms with van der Waals surface area (Å²) in [5.74, 6) is 2.27. The number of nitrogens with zero attached hydrogens (tertiary/aromatic N) is 4. The molecule has 4 rings (SSSR count). The Morgan fingerprint density at radius 3 is 2.56 bits per heavy atom. The highest BCUT2D eigenvalue weighted by atomic mass is 35.5. The van der Waals surface area contributed by atoms with Gasteiger partial charge >= 0.3 is 0 Å². The third-order valence-electron chi connectivity index (χ3n) is 4.89. The van der Waals surface area contributed by atoms with Crippen molar-refractivity contribution in [1.29, 1.82) is 0 Å². The van der Waals surface area contributed by atoms with Crippen molar-refractivity contribution < 1.29 is 4.74 Å². The van der Waals surface area contributed by atoms with E-state index in [9.17, 15) is 0 Å². The number of thioether (sulfide) groups is 1. The molecule has 0 aliphatic heterocycles. The van der Waals surface area contributed by atoms with Crippen LogP contribution in [0.4, 0.5) is 0 Å². The van der Waals surface area contributed by atoms with Gasteiger partial charge in [-0.05, 0) is 50.1 Å². The smallest absolute Gasteiger partial charge is 0.191 e.